The largest absolute Gasteiger partial charge is 0.361 e. The van der Waals surface area contributed by atoms with Crippen LogP contribution in [-0.4, -0.2) is 35.4 Å². The second-order valence-electron chi connectivity index (χ2n) is 5.20. The molecule has 0 fully saturated rings. The fourth-order valence-electron chi connectivity index (χ4n) is 2.71. The van der Waals surface area contributed by atoms with Gasteiger partial charge in [-0.2, -0.15) is 4.99 Å². The number of nitrogens with zero attached hydrogens (tertiary/aromatic N) is 3. The minimum Gasteiger partial charge on any atom is -0.361 e. The van der Waals surface area contributed by atoms with Crippen molar-refractivity contribution in [3.8, 4) is 0 Å². The van der Waals surface area contributed by atoms with Crippen molar-refractivity contribution in [2.45, 2.75) is 0 Å². The smallest absolute Gasteiger partial charge is 0.308 e. The molecule has 3 rings (SSSR count). The molecule has 1 amide bonds. The van der Waals surface area contributed by atoms with Crippen LogP contribution in [0.5, 0.6) is 0 Å². The number of carbonyl (C=O) groups is 1. The number of aliphatic imine (C=N–C) groups is 1. The van der Waals surface area contributed by atoms with Crippen LogP contribution < -0.4 is 5.73 Å². The Morgan fingerprint density at radius 3 is 2.59 bits per heavy atom. The number of quaternary nitrogens is 1. The van der Waals surface area contributed by atoms with Gasteiger partial charge in [0.2, 0.25) is 0 Å². The molecule has 1 radical (unpaired) electrons. The van der Waals surface area contributed by atoms with Crippen LogP contribution >= 0.6 is 0 Å². The predicted molar refractivity (Wildman–Crippen MR) is 80.8 cm³/mol. The first-order chi connectivity index (χ1) is 10.5. The first kappa shape index (κ1) is 14.4. The molecule has 2 aliphatic heterocycles. The predicted octanol–water partition coefficient (Wildman–Crippen LogP) is 1.57. The van der Waals surface area contributed by atoms with Gasteiger partial charge < -0.3 is 5.73 Å². The number of benzene rings is 1. The number of halogens is 1. The molecule has 2 aliphatic rings. The third kappa shape index (κ3) is 1.93. The van der Waals surface area contributed by atoms with Gasteiger partial charge in [0.25, 0.3) is 11.5 Å². The molecule has 5 nitrogen and oxygen atoms in total. The van der Waals surface area contributed by atoms with E-state index < -0.39 is 5.91 Å². The van der Waals surface area contributed by atoms with Gasteiger partial charge in [0.05, 0.1) is 0 Å². The molecule has 0 aliphatic carbocycles. The van der Waals surface area contributed by atoms with Gasteiger partial charge in [0.1, 0.15) is 17.7 Å². The fourth-order valence-corrected chi connectivity index (χ4v) is 2.71. The quantitative estimate of drug-likeness (QED) is 0.861. The van der Waals surface area contributed by atoms with Crippen LogP contribution in [0.2, 0.25) is 0 Å². The summed E-state index contributed by atoms with van der Waals surface area (Å²) >= 11 is 0. The highest BCUT2D eigenvalue weighted by molar-refractivity contribution is 6.07. The van der Waals surface area contributed by atoms with Crippen LogP contribution in [0.1, 0.15) is 5.56 Å². The molecular formula is C16H15FN4O+. The van der Waals surface area contributed by atoms with E-state index in [0.717, 1.165) is 0 Å². The van der Waals surface area contributed by atoms with Crippen LogP contribution in [0.15, 0.2) is 53.3 Å². The van der Waals surface area contributed by atoms with Gasteiger partial charge in [0.15, 0.2) is 0 Å². The maximum Gasteiger partial charge on any atom is 0.308 e. The Bertz CT molecular complexity index is 759. The zero-order chi connectivity index (χ0) is 15.9. The standard InChI is InChI=1S/C16H14FN4O/c1-20(2)21-10-4-3-5-13(21)19-14(15(21)16(18)22)11-6-8-12(17)9-7-11/h4-10H,1-2H3,(H-,18,22)/p+1. The lowest BCUT2D eigenvalue weighted by molar-refractivity contribution is -0.864. The summed E-state index contributed by atoms with van der Waals surface area (Å²) in [6.45, 7) is 0. The van der Waals surface area contributed by atoms with E-state index in [1.165, 1.54) is 12.1 Å². The molecule has 1 aromatic rings. The number of primary amides is 1. The zero-order valence-electron chi connectivity index (χ0n) is 12.2. The summed E-state index contributed by atoms with van der Waals surface area (Å²) in [5, 5.41) is 1.82. The minimum atomic E-state index is -0.577. The highest BCUT2D eigenvalue weighted by Crippen LogP contribution is 2.38. The summed E-state index contributed by atoms with van der Waals surface area (Å²) in [5.74, 6) is -0.315. The van der Waals surface area contributed by atoms with Crippen molar-refractivity contribution in [3.05, 3.63) is 65.8 Å². The number of amides is 1. The maximum absolute atomic E-state index is 13.1. The van der Waals surface area contributed by atoms with E-state index in [1.807, 2.05) is 19.1 Å². The molecule has 0 saturated carbocycles. The Balaban J connectivity index is 2.27. The van der Waals surface area contributed by atoms with Gasteiger partial charge in [-0.25, -0.2) is 4.39 Å². The average molecular weight is 298 g/mol. The molecule has 0 bridgehead atoms. The van der Waals surface area contributed by atoms with Crippen molar-refractivity contribution >= 4 is 17.4 Å². The molecule has 6 heteroatoms. The van der Waals surface area contributed by atoms with Crippen LogP contribution in [0, 0.1) is 11.9 Å². The third-order valence-corrected chi connectivity index (χ3v) is 3.72. The lowest BCUT2D eigenvalue weighted by Gasteiger charge is -2.36. The normalized spacial score (nSPS) is 23.0. The second-order valence-corrected chi connectivity index (χ2v) is 5.20. The molecule has 111 valence electrons. The minimum absolute atomic E-state index is 0.00492. The highest BCUT2D eigenvalue weighted by atomic mass is 19.1. The Morgan fingerprint density at radius 2 is 2.00 bits per heavy atom. The van der Waals surface area contributed by atoms with E-state index in [-0.39, 0.29) is 10.4 Å². The Kier molecular flexibility index (Phi) is 3.27. The van der Waals surface area contributed by atoms with Crippen molar-refractivity contribution in [1.29, 1.82) is 0 Å². The van der Waals surface area contributed by atoms with Gasteiger partial charge >= 0.3 is 5.91 Å². The molecule has 1 unspecified atom stereocenters. The van der Waals surface area contributed by atoms with Crippen molar-refractivity contribution in [2.24, 2.45) is 10.7 Å². The number of hydrogen-bond acceptors (Lipinski definition) is 3. The van der Waals surface area contributed by atoms with Crippen molar-refractivity contribution in [3.63, 3.8) is 0 Å². The Morgan fingerprint density at radius 1 is 1.32 bits per heavy atom. The maximum atomic E-state index is 13.1. The number of amidine groups is 1. The number of carbonyl (C=O) groups excluding carboxylic acids is 1. The monoisotopic (exact) mass is 298 g/mol. The van der Waals surface area contributed by atoms with E-state index in [4.69, 9.17) is 5.73 Å². The van der Waals surface area contributed by atoms with Crippen molar-refractivity contribution < 1.29 is 13.8 Å². The first-order valence-corrected chi connectivity index (χ1v) is 6.70. The topological polar surface area (TPSA) is 58.7 Å². The number of fused-ring (bicyclic) bond motifs is 1. The van der Waals surface area contributed by atoms with E-state index in [1.54, 1.807) is 30.5 Å². The van der Waals surface area contributed by atoms with Crippen molar-refractivity contribution in [2.75, 3.05) is 14.1 Å². The molecule has 0 aromatic heterocycles. The summed E-state index contributed by atoms with van der Waals surface area (Å²) in [5.41, 5.74) is 7.03. The molecule has 2 heterocycles. The van der Waals surface area contributed by atoms with E-state index in [9.17, 15) is 9.18 Å². The van der Waals surface area contributed by atoms with Gasteiger partial charge in [-0.1, -0.05) is 0 Å². The van der Waals surface area contributed by atoms with Crippen molar-refractivity contribution in [1.82, 2.24) is 5.01 Å². The molecule has 1 aromatic carbocycles. The lowest BCUT2D eigenvalue weighted by Crippen LogP contribution is -2.57. The Labute approximate surface area is 127 Å². The second kappa shape index (κ2) is 5.01. The van der Waals surface area contributed by atoms with E-state index in [0.29, 0.717) is 22.8 Å². The highest BCUT2D eigenvalue weighted by Gasteiger charge is 2.50. The Hall–Kier alpha value is -2.57. The lowest BCUT2D eigenvalue weighted by atomic mass is 10.1. The van der Waals surface area contributed by atoms with Gasteiger partial charge in [-0.05, 0) is 30.3 Å². The molecule has 0 spiro atoms. The van der Waals surface area contributed by atoms with E-state index >= 15 is 0 Å². The summed E-state index contributed by atoms with van der Waals surface area (Å²) in [7, 11) is 3.66. The average Bonchev–Trinajstić information content (AvgIpc) is 2.84. The summed E-state index contributed by atoms with van der Waals surface area (Å²) < 4.78 is 13.1. The number of allylic oxidation sites excluding steroid dienone is 2. The molecular weight excluding hydrogens is 283 g/mol. The molecule has 0 saturated heterocycles. The molecule has 1 atom stereocenters. The first-order valence-electron chi connectivity index (χ1n) is 6.70. The molecule has 22 heavy (non-hydrogen) atoms. The van der Waals surface area contributed by atoms with Crippen LogP contribution in [0.25, 0.3) is 5.70 Å². The number of nitrogens with two attached hydrogens (primary N) is 1. The third-order valence-electron chi connectivity index (χ3n) is 3.72. The zero-order valence-corrected chi connectivity index (χ0v) is 12.2. The van der Waals surface area contributed by atoms with Crippen LogP contribution in [0.4, 0.5) is 4.39 Å². The summed E-state index contributed by atoms with van der Waals surface area (Å²) in [6, 6.07) is 5.82. The van der Waals surface area contributed by atoms with Gasteiger partial charge in [-0.15, -0.1) is 9.60 Å². The van der Waals surface area contributed by atoms with Crippen LogP contribution in [-0.2, 0) is 4.79 Å². The summed E-state index contributed by atoms with van der Waals surface area (Å²) in [4.78, 5) is 16.7. The number of hydrogen-bond donors (Lipinski definition) is 1. The van der Waals surface area contributed by atoms with Crippen LogP contribution in [0.3, 0.4) is 0 Å². The number of rotatable bonds is 3. The molecule has 2 N–H and O–H groups in total. The van der Waals surface area contributed by atoms with Gasteiger partial charge in [0, 0.05) is 31.8 Å². The SMILES string of the molecule is CN(C)[N+]12C=C[C]=CC1=NC(c1ccc(F)cc1)=C2C(N)=O. The van der Waals surface area contributed by atoms with E-state index in [2.05, 4.69) is 11.1 Å². The summed E-state index contributed by atoms with van der Waals surface area (Å²) in [6.07, 6.45) is 8.17. The van der Waals surface area contributed by atoms with Gasteiger partial charge in [-0.3, -0.25) is 4.79 Å². The fraction of sp³-hybridized carbons (Fsp3) is 0.125.